The number of hydrogen-bond donors (Lipinski definition) is 2. The van der Waals surface area contributed by atoms with Gasteiger partial charge in [-0.3, -0.25) is 9.80 Å². The Morgan fingerprint density at radius 2 is 1.51 bits per heavy atom. The molecule has 1 fully saturated rings. The number of hydrogen-bond acceptors (Lipinski definition) is 5. The van der Waals surface area contributed by atoms with E-state index in [1.54, 1.807) is 11.1 Å². The van der Waals surface area contributed by atoms with Crippen molar-refractivity contribution in [1.82, 2.24) is 9.80 Å². The molecule has 0 amide bonds. The largest absolute Gasteiger partial charge is 0.490 e. The summed E-state index contributed by atoms with van der Waals surface area (Å²) in [5, 5.41) is 18.7. The molecule has 1 saturated heterocycles. The van der Waals surface area contributed by atoms with Gasteiger partial charge in [-0.15, -0.1) is 0 Å². The predicted octanol–water partition coefficient (Wildman–Crippen LogP) is 5.63. The number of benzene rings is 1. The van der Waals surface area contributed by atoms with Crippen molar-refractivity contribution in [3.05, 3.63) is 57.8 Å². The van der Waals surface area contributed by atoms with E-state index in [4.69, 9.17) is 19.8 Å². The van der Waals surface area contributed by atoms with Gasteiger partial charge in [0.25, 0.3) is 0 Å². The van der Waals surface area contributed by atoms with Crippen molar-refractivity contribution in [3.8, 4) is 0 Å². The Morgan fingerprint density at radius 1 is 1.00 bits per heavy atom. The first-order valence-corrected chi connectivity index (χ1v) is 12.1. The minimum absolute atomic E-state index is 0.573. The smallest absolute Gasteiger partial charge is 0.475 e. The summed E-state index contributed by atoms with van der Waals surface area (Å²) in [5.41, 5.74) is 4.65. The standard InChI is InChI=1S/C20H26N2S.2C2HF3O2/c1-14(2)21(3)20-17-7-5-4-6-16(17)18-11-22(12-19(18)20)10-15-8-9-23-13-15;2*3-2(4,5)1(6)7/h4-9,13-14,18-20H,10-12H2,1-3H3;2*(H,6,7)/t18-,19-,20-;;/m0../s1. The summed E-state index contributed by atoms with van der Waals surface area (Å²) in [6.07, 6.45) is -10.2. The molecule has 2 aromatic rings. The van der Waals surface area contributed by atoms with Gasteiger partial charge in [0.1, 0.15) is 0 Å². The Labute approximate surface area is 214 Å². The Bertz CT molecular complexity index is 1020. The fourth-order valence-electron chi connectivity index (χ4n) is 4.52. The lowest BCUT2D eigenvalue weighted by Crippen LogP contribution is -2.35. The summed E-state index contributed by atoms with van der Waals surface area (Å²) in [4.78, 5) is 23.0. The summed E-state index contributed by atoms with van der Waals surface area (Å²) < 4.78 is 63.5. The molecule has 1 aromatic heterocycles. The van der Waals surface area contributed by atoms with Crippen LogP contribution in [0.5, 0.6) is 0 Å². The molecule has 1 aliphatic heterocycles. The van der Waals surface area contributed by atoms with Crippen molar-refractivity contribution in [2.45, 2.75) is 50.7 Å². The molecule has 0 unspecified atom stereocenters. The van der Waals surface area contributed by atoms with E-state index in [1.807, 2.05) is 11.3 Å². The third-order valence-electron chi connectivity index (χ3n) is 6.29. The number of aliphatic carboxylic acids is 2. The van der Waals surface area contributed by atoms with E-state index in [-0.39, 0.29) is 0 Å². The lowest BCUT2D eigenvalue weighted by Gasteiger charge is -2.33. The van der Waals surface area contributed by atoms with E-state index < -0.39 is 24.3 Å². The topological polar surface area (TPSA) is 81.1 Å². The first-order chi connectivity index (χ1) is 17.0. The molecule has 2 heterocycles. The first-order valence-electron chi connectivity index (χ1n) is 11.2. The second-order valence-corrected chi connectivity index (χ2v) is 9.81. The van der Waals surface area contributed by atoms with Gasteiger partial charge in [-0.05, 0) is 60.3 Å². The number of fused-ring (bicyclic) bond motifs is 3. The molecule has 2 N–H and O–H groups in total. The van der Waals surface area contributed by atoms with Crippen molar-refractivity contribution >= 4 is 23.3 Å². The fraction of sp³-hybridized carbons (Fsp3) is 0.500. The van der Waals surface area contributed by atoms with Gasteiger partial charge >= 0.3 is 24.3 Å². The monoisotopic (exact) mass is 554 g/mol. The molecule has 0 radical (unpaired) electrons. The van der Waals surface area contributed by atoms with Crippen LogP contribution in [-0.4, -0.2) is 70.5 Å². The van der Waals surface area contributed by atoms with Crippen molar-refractivity contribution in [2.24, 2.45) is 5.92 Å². The highest BCUT2D eigenvalue weighted by molar-refractivity contribution is 7.07. The van der Waals surface area contributed by atoms with Gasteiger partial charge in [0.2, 0.25) is 0 Å². The van der Waals surface area contributed by atoms with Gasteiger partial charge in [-0.25, -0.2) is 9.59 Å². The number of carboxylic acid groups (broad SMARTS) is 2. The number of rotatable bonds is 4. The van der Waals surface area contributed by atoms with Crippen molar-refractivity contribution in [2.75, 3.05) is 20.1 Å². The fourth-order valence-corrected chi connectivity index (χ4v) is 5.18. The van der Waals surface area contributed by atoms with Crippen LogP contribution in [0, 0.1) is 5.92 Å². The molecular formula is C24H28F6N2O4S. The Morgan fingerprint density at radius 3 is 1.95 bits per heavy atom. The maximum atomic E-state index is 10.6. The van der Waals surface area contributed by atoms with Crippen LogP contribution in [-0.2, 0) is 16.1 Å². The van der Waals surface area contributed by atoms with Crippen LogP contribution < -0.4 is 0 Å². The second-order valence-electron chi connectivity index (χ2n) is 9.03. The highest BCUT2D eigenvalue weighted by atomic mass is 32.1. The average Bonchev–Trinajstić information content (AvgIpc) is 3.49. The van der Waals surface area contributed by atoms with Crippen LogP contribution in [0.2, 0.25) is 0 Å². The maximum absolute atomic E-state index is 10.6. The van der Waals surface area contributed by atoms with E-state index in [1.165, 1.54) is 18.7 Å². The predicted molar refractivity (Wildman–Crippen MR) is 125 cm³/mol. The minimum Gasteiger partial charge on any atom is -0.475 e. The van der Waals surface area contributed by atoms with E-state index in [9.17, 15) is 26.3 Å². The highest BCUT2D eigenvalue weighted by Crippen LogP contribution is 2.51. The van der Waals surface area contributed by atoms with Crippen LogP contribution >= 0.6 is 11.3 Å². The molecule has 0 saturated carbocycles. The van der Waals surface area contributed by atoms with Crippen LogP contribution in [0.1, 0.15) is 42.5 Å². The molecule has 2 aliphatic rings. The van der Waals surface area contributed by atoms with Crippen LogP contribution in [0.15, 0.2) is 41.1 Å². The number of carboxylic acids is 2. The van der Waals surface area contributed by atoms with E-state index in [0.717, 1.165) is 12.5 Å². The van der Waals surface area contributed by atoms with Gasteiger partial charge < -0.3 is 10.2 Å². The van der Waals surface area contributed by atoms with E-state index in [0.29, 0.717) is 18.0 Å². The zero-order chi connectivity index (χ0) is 28.1. The number of halogens is 6. The zero-order valence-corrected chi connectivity index (χ0v) is 21.1. The zero-order valence-electron chi connectivity index (χ0n) is 20.3. The van der Waals surface area contributed by atoms with Crippen LogP contribution in [0.25, 0.3) is 0 Å². The second kappa shape index (κ2) is 12.3. The third-order valence-corrected chi connectivity index (χ3v) is 7.02. The quantitative estimate of drug-likeness (QED) is 0.478. The molecule has 1 aromatic carbocycles. The minimum atomic E-state index is -5.08. The average molecular weight is 555 g/mol. The number of likely N-dealkylation sites (tertiary alicyclic amines) is 1. The molecule has 6 nitrogen and oxygen atoms in total. The first kappa shape index (κ1) is 30.6. The van der Waals surface area contributed by atoms with Gasteiger partial charge in [0, 0.05) is 37.6 Å². The normalized spacial score (nSPS) is 21.0. The van der Waals surface area contributed by atoms with Crippen LogP contribution in [0.3, 0.4) is 0 Å². The molecule has 37 heavy (non-hydrogen) atoms. The number of alkyl halides is 6. The molecule has 13 heteroatoms. The summed E-state index contributed by atoms with van der Waals surface area (Å²) in [6, 6.07) is 12.6. The molecule has 0 bridgehead atoms. The molecule has 0 spiro atoms. The van der Waals surface area contributed by atoms with Gasteiger partial charge in [-0.2, -0.15) is 37.7 Å². The van der Waals surface area contributed by atoms with Crippen LogP contribution in [0.4, 0.5) is 26.3 Å². The van der Waals surface area contributed by atoms with E-state index >= 15 is 0 Å². The van der Waals surface area contributed by atoms with Gasteiger partial charge in [-0.1, -0.05) is 24.3 Å². The molecule has 3 atom stereocenters. The lowest BCUT2D eigenvalue weighted by atomic mass is 9.93. The highest BCUT2D eigenvalue weighted by Gasteiger charge is 2.47. The molecular weight excluding hydrogens is 526 g/mol. The Hall–Kier alpha value is -2.64. The Balaban J connectivity index is 0.000000286. The number of thiophene rings is 1. The summed E-state index contributed by atoms with van der Waals surface area (Å²) in [7, 11) is 2.30. The number of nitrogens with zero attached hydrogens (tertiary/aromatic N) is 2. The van der Waals surface area contributed by atoms with E-state index in [2.05, 4.69) is 71.8 Å². The van der Waals surface area contributed by atoms with Crippen molar-refractivity contribution in [3.63, 3.8) is 0 Å². The summed E-state index contributed by atoms with van der Waals surface area (Å²) >= 11 is 1.81. The SMILES string of the molecule is CC(C)N(C)[C@H]1c2ccccc2[C@@H]2CN(Cc3ccsc3)C[C@@H]21.O=C(O)C(F)(F)F.O=C(O)C(F)(F)F. The molecule has 4 rings (SSSR count). The maximum Gasteiger partial charge on any atom is 0.490 e. The van der Waals surface area contributed by atoms with Crippen molar-refractivity contribution in [1.29, 1.82) is 0 Å². The number of carbonyl (C=O) groups is 2. The summed E-state index contributed by atoms with van der Waals surface area (Å²) in [6.45, 7) is 8.16. The molecule has 206 valence electrons. The third kappa shape index (κ3) is 8.17. The lowest BCUT2D eigenvalue weighted by molar-refractivity contribution is -0.193. The summed E-state index contributed by atoms with van der Waals surface area (Å²) in [5.74, 6) is -4.07. The van der Waals surface area contributed by atoms with Gasteiger partial charge in [0.05, 0.1) is 0 Å². The molecule has 1 aliphatic carbocycles. The van der Waals surface area contributed by atoms with Crippen molar-refractivity contribution < 1.29 is 46.1 Å². The Kier molecular flexibility index (Phi) is 10.1. The van der Waals surface area contributed by atoms with Gasteiger partial charge in [0.15, 0.2) is 0 Å².